The van der Waals surface area contributed by atoms with E-state index in [0.29, 0.717) is 28.8 Å². The Hall–Kier alpha value is -1.96. The summed E-state index contributed by atoms with van der Waals surface area (Å²) in [4.78, 5) is 12.6. The standard InChI is InChI=1S/C20H24N2O3S2/c1-3-24-19(23)17-16(14-8-6-13(2)7-9-14)12-27-18(17)22-20(26)21-11-15-5-4-10-25-15/h6-9,12,15H,3-5,10-11H2,1-2H3,(H2,21,22,26)/t15-/m1/s1. The highest BCUT2D eigenvalue weighted by Gasteiger charge is 2.22. The van der Waals surface area contributed by atoms with Gasteiger partial charge in [0, 0.05) is 24.1 Å². The van der Waals surface area contributed by atoms with E-state index in [0.717, 1.165) is 30.6 Å². The largest absolute Gasteiger partial charge is 0.462 e. The van der Waals surface area contributed by atoms with Gasteiger partial charge >= 0.3 is 5.97 Å². The lowest BCUT2D eigenvalue weighted by Gasteiger charge is -2.14. The topological polar surface area (TPSA) is 59.6 Å². The van der Waals surface area contributed by atoms with Crippen LogP contribution in [0.5, 0.6) is 0 Å². The van der Waals surface area contributed by atoms with Gasteiger partial charge in [-0.3, -0.25) is 0 Å². The maximum atomic E-state index is 12.6. The van der Waals surface area contributed by atoms with Gasteiger partial charge in [0.25, 0.3) is 0 Å². The Morgan fingerprint density at radius 3 is 2.81 bits per heavy atom. The molecule has 0 saturated carbocycles. The van der Waals surface area contributed by atoms with E-state index in [-0.39, 0.29) is 12.1 Å². The monoisotopic (exact) mass is 404 g/mol. The van der Waals surface area contributed by atoms with E-state index in [1.807, 2.05) is 36.6 Å². The summed E-state index contributed by atoms with van der Waals surface area (Å²) in [5.41, 5.74) is 3.52. The molecule has 0 radical (unpaired) electrons. The minimum Gasteiger partial charge on any atom is -0.462 e. The first-order chi connectivity index (χ1) is 13.1. The minimum absolute atomic E-state index is 0.195. The number of anilines is 1. The lowest BCUT2D eigenvalue weighted by Crippen LogP contribution is -2.35. The smallest absolute Gasteiger partial charge is 0.341 e. The first-order valence-electron chi connectivity index (χ1n) is 9.10. The molecule has 0 bridgehead atoms. The Balaban J connectivity index is 1.78. The Morgan fingerprint density at radius 1 is 1.37 bits per heavy atom. The molecule has 2 heterocycles. The van der Waals surface area contributed by atoms with E-state index in [2.05, 4.69) is 10.6 Å². The number of hydrogen-bond acceptors (Lipinski definition) is 5. The van der Waals surface area contributed by atoms with Crippen molar-refractivity contribution >= 4 is 39.6 Å². The zero-order chi connectivity index (χ0) is 19.2. The molecule has 0 aliphatic carbocycles. The molecule has 1 saturated heterocycles. The first kappa shape index (κ1) is 19.8. The molecule has 5 nitrogen and oxygen atoms in total. The third-order valence-corrected chi connectivity index (χ3v) is 5.52. The molecular weight excluding hydrogens is 380 g/mol. The van der Waals surface area contributed by atoms with E-state index in [9.17, 15) is 4.79 Å². The van der Waals surface area contributed by atoms with Gasteiger partial charge in [-0.25, -0.2) is 4.79 Å². The highest BCUT2D eigenvalue weighted by molar-refractivity contribution is 7.80. The lowest BCUT2D eigenvalue weighted by atomic mass is 10.0. The average molecular weight is 405 g/mol. The minimum atomic E-state index is -0.348. The van der Waals surface area contributed by atoms with Crippen LogP contribution >= 0.6 is 23.6 Å². The third kappa shape index (κ3) is 5.06. The van der Waals surface area contributed by atoms with Crippen LogP contribution in [-0.2, 0) is 9.47 Å². The van der Waals surface area contributed by atoms with E-state index in [4.69, 9.17) is 21.7 Å². The van der Waals surface area contributed by atoms with Crippen LogP contribution in [0.25, 0.3) is 11.1 Å². The summed E-state index contributed by atoms with van der Waals surface area (Å²) >= 11 is 6.85. The van der Waals surface area contributed by atoms with Crippen LogP contribution in [0.4, 0.5) is 5.00 Å². The van der Waals surface area contributed by atoms with Crippen molar-refractivity contribution in [3.63, 3.8) is 0 Å². The Morgan fingerprint density at radius 2 is 2.15 bits per heavy atom. The van der Waals surface area contributed by atoms with Gasteiger partial charge in [-0.15, -0.1) is 11.3 Å². The van der Waals surface area contributed by atoms with Crippen molar-refractivity contribution < 1.29 is 14.3 Å². The predicted molar refractivity (Wildman–Crippen MR) is 114 cm³/mol. The van der Waals surface area contributed by atoms with E-state index in [1.54, 1.807) is 6.92 Å². The molecule has 0 unspecified atom stereocenters. The zero-order valence-electron chi connectivity index (χ0n) is 15.5. The van der Waals surface area contributed by atoms with Crippen molar-refractivity contribution in [3.05, 3.63) is 40.8 Å². The van der Waals surface area contributed by atoms with Crippen LogP contribution in [0.15, 0.2) is 29.6 Å². The summed E-state index contributed by atoms with van der Waals surface area (Å²) in [7, 11) is 0. The number of esters is 1. The number of benzene rings is 1. The molecule has 2 aromatic rings. The highest BCUT2D eigenvalue weighted by atomic mass is 32.1. The second-order valence-electron chi connectivity index (χ2n) is 6.41. The van der Waals surface area contributed by atoms with Crippen LogP contribution in [0.1, 0.15) is 35.7 Å². The lowest BCUT2D eigenvalue weighted by molar-refractivity contribution is 0.0529. The third-order valence-electron chi connectivity index (χ3n) is 4.37. The van der Waals surface area contributed by atoms with Gasteiger partial charge in [-0.1, -0.05) is 29.8 Å². The summed E-state index contributed by atoms with van der Waals surface area (Å²) in [5.74, 6) is -0.348. The Kier molecular flexibility index (Phi) is 6.82. The van der Waals surface area contributed by atoms with Crippen LogP contribution in [0.3, 0.4) is 0 Å². The van der Waals surface area contributed by atoms with Crippen molar-refractivity contribution in [2.45, 2.75) is 32.8 Å². The molecule has 1 aliphatic heterocycles. The maximum absolute atomic E-state index is 12.6. The molecule has 1 aliphatic rings. The maximum Gasteiger partial charge on any atom is 0.341 e. The fraction of sp³-hybridized carbons (Fsp3) is 0.400. The fourth-order valence-electron chi connectivity index (χ4n) is 2.96. The SMILES string of the molecule is CCOC(=O)c1c(-c2ccc(C)cc2)csc1NC(=S)NC[C@H]1CCCO1. The van der Waals surface area contributed by atoms with Gasteiger partial charge in [0.05, 0.1) is 12.7 Å². The van der Waals surface area contributed by atoms with Gasteiger partial charge in [0.15, 0.2) is 5.11 Å². The highest BCUT2D eigenvalue weighted by Crippen LogP contribution is 2.36. The predicted octanol–water partition coefficient (Wildman–Crippen LogP) is 4.37. The second kappa shape index (κ2) is 9.30. The average Bonchev–Trinajstić information content (AvgIpc) is 3.31. The number of ether oxygens (including phenoxy) is 2. The summed E-state index contributed by atoms with van der Waals surface area (Å²) < 4.78 is 10.9. The number of carbonyl (C=O) groups excluding carboxylic acids is 1. The van der Waals surface area contributed by atoms with Gasteiger partial charge in [0.1, 0.15) is 10.6 Å². The van der Waals surface area contributed by atoms with Crippen molar-refractivity contribution in [2.75, 3.05) is 25.1 Å². The van der Waals surface area contributed by atoms with Crippen molar-refractivity contribution in [1.29, 1.82) is 0 Å². The molecule has 1 aromatic heterocycles. The second-order valence-corrected chi connectivity index (χ2v) is 7.70. The number of nitrogens with one attached hydrogen (secondary N) is 2. The summed E-state index contributed by atoms with van der Waals surface area (Å²) in [6.45, 7) is 5.63. The first-order valence-corrected chi connectivity index (χ1v) is 10.4. The van der Waals surface area contributed by atoms with E-state index >= 15 is 0 Å². The number of hydrogen-bond donors (Lipinski definition) is 2. The molecule has 1 aromatic carbocycles. The van der Waals surface area contributed by atoms with Crippen molar-refractivity contribution in [1.82, 2.24) is 5.32 Å². The molecule has 3 rings (SSSR count). The van der Waals surface area contributed by atoms with Crippen molar-refractivity contribution in [3.8, 4) is 11.1 Å². The molecule has 1 fully saturated rings. The van der Waals surface area contributed by atoms with Crippen LogP contribution in [0.2, 0.25) is 0 Å². The van der Waals surface area contributed by atoms with Crippen molar-refractivity contribution in [2.24, 2.45) is 0 Å². The summed E-state index contributed by atoms with van der Waals surface area (Å²) in [6.07, 6.45) is 2.32. The zero-order valence-corrected chi connectivity index (χ0v) is 17.2. The molecule has 7 heteroatoms. The number of aryl methyl sites for hydroxylation is 1. The van der Waals surface area contributed by atoms with Gasteiger partial charge in [-0.2, -0.15) is 0 Å². The molecule has 0 spiro atoms. The molecule has 2 N–H and O–H groups in total. The van der Waals surface area contributed by atoms with E-state index < -0.39 is 0 Å². The van der Waals surface area contributed by atoms with Gasteiger partial charge < -0.3 is 20.1 Å². The summed E-state index contributed by atoms with van der Waals surface area (Å²) in [5, 5.41) is 9.46. The van der Waals surface area contributed by atoms with E-state index in [1.165, 1.54) is 16.9 Å². The quantitative estimate of drug-likeness (QED) is 0.551. The fourth-order valence-corrected chi connectivity index (χ4v) is 4.17. The molecule has 1 atom stereocenters. The number of rotatable bonds is 6. The Labute approximate surface area is 169 Å². The van der Waals surface area contributed by atoms with Crippen LogP contribution < -0.4 is 10.6 Å². The molecular formula is C20H24N2O3S2. The van der Waals surface area contributed by atoms with Crippen LogP contribution in [-0.4, -0.2) is 36.9 Å². The normalized spacial score (nSPS) is 16.1. The van der Waals surface area contributed by atoms with Gasteiger partial charge in [0.2, 0.25) is 0 Å². The number of thiocarbonyl (C=S) groups is 1. The number of thiophene rings is 1. The Bertz CT molecular complexity index is 796. The van der Waals surface area contributed by atoms with Crippen LogP contribution in [0, 0.1) is 6.92 Å². The summed E-state index contributed by atoms with van der Waals surface area (Å²) in [6, 6.07) is 8.08. The molecule has 27 heavy (non-hydrogen) atoms. The van der Waals surface area contributed by atoms with Gasteiger partial charge in [-0.05, 0) is 44.5 Å². The number of carbonyl (C=O) groups is 1. The molecule has 144 valence electrons. The molecule has 0 amide bonds.